The molecule has 0 saturated carbocycles. The van der Waals surface area contributed by atoms with Crippen LogP contribution in [0.15, 0.2) is 18.2 Å². The van der Waals surface area contributed by atoms with E-state index in [-0.39, 0.29) is 29.5 Å². The molecule has 2 N–H and O–H groups in total. The first-order valence-electron chi connectivity index (χ1n) is 5.41. The number of nitrogens with two attached hydrogens (primary N) is 1. The Bertz CT molecular complexity index is 466. The van der Waals surface area contributed by atoms with Gasteiger partial charge in [-0.1, -0.05) is 6.07 Å². The lowest BCUT2D eigenvalue weighted by Gasteiger charge is -2.16. The van der Waals surface area contributed by atoms with Crippen LogP contribution >= 0.6 is 12.4 Å². The first kappa shape index (κ1) is 18.5. The molecule has 1 aromatic rings. The predicted octanol–water partition coefficient (Wildman–Crippen LogP) is 2.99. The van der Waals surface area contributed by atoms with Crippen molar-refractivity contribution >= 4 is 18.4 Å². The van der Waals surface area contributed by atoms with Crippen LogP contribution < -0.4 is 15.2 Å². The number of alkyl halides is 3. The van der Waals surface area contributed by atoms with Crippen molar-refractivity contribution in [2.45, 2.75) is 25.6 Å². The molecule has 1 rings (SSSR count). The molecule has 0 fully saturated rings. The zero-order valence-electron chi connectivity index (χ0n) is 10.9. The summed E-state index contributed by atoms with van der Waals surface area (Å²) in [4.78, 5) is 10.8. The van der Waals surface area contributed by atoms with E-state index >= 15 is 0 Å². The third-order valence-electron chi connectivity index (χ3n) is 2.32. The fourth-order valence-electron chi connectivity index (χ4n) is 1.52. The summed E-state index contributed by atoms with van der Waals surface area (Å²) >= 11 is 0. The lowest BCUT2D eigenvalue weighted by molar-refractivity contribution is -0.138. The standard InChI is InChI=1S/C12H14F3NO3.ClH/c1-7(17)19-10-4-3-8(5-11(10)18-2)9(16)6-12(13,14)15;/h3-5,9H,6,16H2,1-2H3;1H/t9-;/m0./s1. The van der Waals surface area contributed by atoms with Gasteiger partial charge < -0.3 is 15.2 Å². The number of ether oxygens (including phenoxy) is 2. The quantitative estimate of drug-likeness (QED) is 0.685. The summed E-state index contributed by atoms with van der Waals surface area (Å²) < 4.78 is 46.5. The van der Waals surface area contributed by atoms with E-state index < -0.39 is 24.6 Å². The number of hydrogen-bond acceptors (Lipinski definition) is 4. The van der Waals surface area contributed by atoms with Crippen LogP contribution in [0.2, 0.25) is 0 Å². The highest BCUT2D eigenvalue weighted by atomic mass is 35.5. The molecule has 0 spiro atoms. The van der Waals surface area contributed by atoms with E-state index in [2.05, 4.69) is 0 Å². The molecule has 8 heteroatoms. The summed E-state index contributed by atoms with van der Waals surface area (Å²) in [6, 6.07) is 2.86. The van der Waals surface area contributed by atoms with Crippen molar-refractivity contribution in [2.75, 3.05) is 7.11 Å². The molecule has 114 valence electrons. The monoisotopic (exact) mass is 313 g/mol. The summed E-state index contributed by atoms with van der Waals surface area (Å²) in [5.41, 5.74) is 5.73. The Morgan fingerprint density at radius 2 is 1.95 bits per heavy atom. The van der Waals surface area contributed by atoms with Crippen LogP contribution in [0, 0.1) is 0 Å². The predicted molar refractivity (Wildman–Crippen MR) is 69.2 cm³/mol. The van der Waals surface area contributed by atoms with Crippen molar-refractivity contribution in [1.82, 2.24) is 0 Å². The fourth-order valence-corrected chi connectivity index (χ4v) is 1.52. The van der Waals surface area contributed by atoms with Gasteiger partial charge in [-0.15, -0.1) is 12.4 Å². The Hall–Kier alpha value is -1.47. The maximum absolute atomic E-state index is 12.2. The average molecular weight is 314 g/mol. The van der Waals surface area contributed by atoms with Gasteiger partial charge in [-0.05, 0) is 17.7 Å². The molecule has 0 unspecified atom stereocenters. The van der Waals surface area contributed by atoms with Crippen LogP contribution in [0.3, 0.4) is 0 Å². The van der Waals surface area contributed by atoms with Crippen molar-refractivity contribution in [2.24, 2.45) is 5.73 Å². The highest BCUT2D eigenvalue weighted by molar-refractivity contribution is 5.85. The van der Waals surface area contributed by atoms with Crippen LogP contribution in [-0.2, 0) is 4.79 Å². The van der Waals surface area contributed by atoms with Crippen molar-refractivity contribution in [1.29, 1.82) is 0 Å². The van der Waals surface area contributed by atoms with Crippen LogP contribution in [0.25, 0.3) is 0 Å². The zero-order valence-corrected chi connectivity index (χ0v) is 11.7. The smallest absolute Gasteiger partial charge is 0.390 e. The van der Waals surface area contributed by atoms with E-state index in [1.807, 2.05) is 0 Å². The number of carbonyl (C=O) groups is 1. The molecule has 0 heterocycles. The summed E-state index contributed by atoms with van der Waals surface area (Å²) in [5.74, 6) is -0.256. The minimum absolute atomic E-state index is 0. The number of benzene rings is 1. The average Bonchev–Trinajstić information content (AvgIpc) is 2.26. The zero-order chi connectivity index (χ0) is 14.6. The Morgan fingerprint density at radius 3 is 2.40 bits per heavy atom. The van der Waals surface area contributed by atoms with E-state index in [1.165, 1.54) is 32.2 Å². The number of halogens is 4. The van der Waals surface area contributed by atoms with Crippen LogP contribution in [0.4, 0.5) is 13.2 Å². The molecule has 1 atom stereocenters. The molecule has 0 aliphatic carbocycles. The Morgan fingerprint density at radius 1 is 1.35 bits per heavy atom. The fraction of sp³-hybridized carbons (Fsp3) is 0.417. The van der Waals surface area contributed by atoms with E-state index in [0.29, 0.717) is 0 Å². The van der Waals surface area contributed by atoms with E-state index in [9.17, 15) is 18.0 Å². The topological polar surface area (TPSA) is 61.6 Å². The highest BCUT2D eigenvalue weighted by Gasteiger charge is 2.31. The van der Waals surface area contributed by atoms with Crippen LogP contribution in [0.1, 0.15) is 24.9 Å². The molecule has 0 aliphatic heterocycles. The van der Waals surface area contributed by atoms with Crippen molar-refractivity contribution in [3.05, 3.63) is 23.8 Å². The first-order chi connectivity index (χ1) is 8.73. The van der Waals surface area contributed by atoms with Gasteiger partial charge >= 0.3 is 12.1 Å². The van der Waals surface area contributed by atoms with Gasteiger partial charge in [0.1, 0.15) is 0 Å². The summed E-state index contributed by atoms with van der Waals surface area (Å²) in [5, 5.41) is 0. The lowest BCUT2D eigenvalue weighted by atomic mass is 10.0. The molecule has 0 radical (unpaired) electrons. The number of methoxy groups -OCH3 is 1. The van der Waals surface area contributed by atoms with Crippen LogP contribution in [-0.4, -0.2) is 19.3 Å². The van der Waals surface area contributed by atoms with Crippen molar-refractivity contribution in [3.8, 4) is 11.5 Å². The highest BCUT2D eigenvalue weighted by Crippen LogP contribution is 2.33. The van der Waals surface area contributed by atoms with Crippen LogP contribution in [0.5, 0.6) is 11.5 Å². The minimum atomic E-state index is -4.35. The largest absolute Gasteiger partial charge is 0.493 e. The molecule has 1 aromatic carbocycles. The number of carbonyl (C=O) groups excluding carboxylic acids is 1. The van der Waals surface area contributed by atoms with Gasteiger partial charge in [-0.25, -0.2) is 0 Å². The van der Waals surface area contributed by atoms with Crippen molar-refractivity contribution < 1.29 is 27.4 Å². The van der Waals surface area contributed by atoms with Gasteiger partial charge in [0.15, 0.2) is 11.5 Å². The lowest BCUT2D eigenvalue weighted by Crippen LogP contribution is -2.20. The molecular weight excluding hydrogens is 299 g/mol. The van der Waals surface area contributed by atoms with Gasteiger partial charge in [0.05, 0.1) is 13.5 Å². The maximum Gasteiger partial charge on any atom is 0.390 e. The summed E-state index contributed by atoms with van der Waals surface area (Å²) in [6.07, 6.45) is -5.48. The third-order valence-corrected chi connectivity index (χ3v) is 2.32. The van der Waals surface area contributed by atoms with Gasteiger partial charge in [-0.3, -0.25) is 4.79 Å². The Balaban J connectivity index is 0.00000361. The Kier molecular flexibility index (Phi) is 6.81. The van der Waals surface area contributed by atoms with E-state index in [0.717, 1.165) is 0 Å². The molecule has 0 aliphatic rings. The van der Waals surface area contributed by atoms with Gasteiger partial charge in [-0.2, -0.15) is 13.2 Å². The second kappa shape index (κ2) is 7.35. The summed E-state index contributed by atoms with van der Waals surface area (Å²) in [6.45, 7) is 1.21. The second-order valence-electron chi connectivity index (χ2n) is 3.93. The van der Waals surface area contributed by atoms with Gasteiger partial charge in [0.25, 0.3) is 0 Å². The number of hydrogen-bond donors (Lipinski definition) is 1. The van der Waals surface area contributed by atoms with Gasteiger partial charge in [0.2, 0.25) is 0 Å². The molecular formula is C12H15ClF3NO3. The number of rotatable bonds is 4. The molecule has 0 bridgehead atoms. The minimum Gasteiger partial charge on any atom is -0.493 e. The number of esters is 1. The normalized spacial score (nSPS) is 12.3. The van der Waals surface area contributed by atoms with Gasteiger partial charge in [0, 0.05) is 13.0 Å². The molecule has 20 heavy (non-hydrogen) atoms. The third kappa shape index (κ3) is 5.66. The Labute approximate surface area is 120 Å². The van der Waals surface area contributed by atoms with E-state index in [4.69, 9.17) is 15.2 Å². The summed E-state index contributed by atoms with van der Waals surface area (Å²) in [7, 11) is 1.32. The molecule has 0 saturated heterocycles. The SMILES string of the molecule is COc1cc([C@@H](N)CC(F)(F)F)ccc1OC(C)=O.Cl. The first-order valence-corrected chi connectivity index (χ1v) is 5.41. The second-order valence-corrected chi connectivity index (χ2v) is 3.93. The van der Waals surface area contributed by atoms with E-state index in [1.54, 1.807) is 0 Å². The molecule has 0 aromatic heterocycles. The van der Waals surface area contributed by atoms with Crippen molar-refractivity contribution in [3.63, 3.8) is 0 Å². The molecule has 0 amide bonds. The maximum atomic E-state index is 12.2. The molecule has 4 nitrogen and oxygen atoms in total.